The Labute approximate surface area is 220 Å². The van der Waals surface area contributed by atoms with Gasteiger partial charge in [0.2, 0.25) is 10.0 Å². The first-order chi connectivity index (χ1) is 17.1. The highest BCUT2D eigenvalue weighted by Gasteiger charge is 2.39. The number of benzene rings is 2. The van der Waals surface area contributed by atoms with Crippen molar-refractivity contribution in [1.82, 2.24) is 4.98 Å². The number of hydrogen-bond acceptors (Lipinski definition) is 5. The molecule has 0 bridgehead atoms. The summed E-state index contributed by atoms with van der Waals surface area (Å²) in [5.41, 5.74) is 3.43. The lowest BCUT2D eigenvalue weighted by Crippen LogP contribution is -2.35. The second kappa shape index (κ2) is 9.38. The first-order valence-corrected chi connectivity index (χ1v) is 13.8. The van der Waals surface area contributed by atoms with Crippen LogP contribution in [0.2, 0.25) is 5.02 Å². The molecule has 37 heavy (non-hydrogen) atoms. The first-order valence-electron chi connectivity index (χ1n) is 11.6. The number of sulfonamides is 1. The maximum absolute atomic E-state index is 14.1. The summed E-state index contributed by atoms with van der Waals surface area (Å²) in [5.74, 6) is -1.79. The zero-order valence-electron chi connectivity index (χ0n) is 21.4. The summed E-state index contributed by atoms with van der Waals surface area (Å²) in [4.78, 5) is 17.0. The largest absolute Gasteiger partial charge is 0.479 e. The summed E-state index contributed by atoms with van der Waals surface area (Å²) in [6.07, 6.45) is 0.751. The van der Waals surface area contributed by atoms with Crippen LogP contribution in [-0.4, -0.2) is 36.3 Å². The van der Waals surface area contributed by atoms with E-state index in [1.54, 1.807) is 58.9 Å². The summed E-state index contributed by atoms with van der Waals surface area (Å²) >= 11 is 6.14. The number of fused-ring (bicyclic) bond motifs is 3. The van der Waals surface area contributed by atoms with Crippen LogP contribution in [0.1, 0.15) is 49.1 Å². The van der Waals surface area contributed by atoms with Crippen molar-refractivity contribution in [3.8, 4) is 22.4 Å². The van der Waals surface area contributed by atoms with Crippen molar-refractivity contribution in [3.05, 3.63) is 69.6 Å². The van der Waals surface area contributed by atoms with Crippen LogP contribution in [0.5, 0.6) is 0 Å². The molecule has 4 rings (SSSR count). The monoisotopic (exact) mass is 546 g/mol. The second-order valence-electron chi connectivity index (χ2n) is 10.1. The molecular weight excluding hydrogens is 519 g/mol. The molecule has 0 saturated carbocycles. The van der Waals surface area contributed by atoms with Gasteiger partial charge in [0, 0.05) is 21.7 Å². The molecule has 1 aliphatic heterocycles. The molecule has 0 unspecified atom stereocenters. The average molecular weight is 547 g/mol. The lowest BCUT2D eigenvalue weighted by Gasteiger charge is -2.36. The number of carboxylic acid groups (broad SMARTS) is 1. The number of hydrogen-bond donors (Lipinski definition) is 1. The predicted molar refractivity (Wildman–Crippen MR) is 142 cm³/mol. The summed E-state index contributed by atoms with van der Waals surface area (Å²) in [6, 6.07) is 8.20. The third-order valence-electron chi connectivity index (χ3n) is 6.24. The number of carboxylic acids is 1. The standard InChI is InChI=1S/C27H28ClFN2O5S/c1-14-20(16-7-9-18(28)10-8-16)21(25(26(32)33)36-27(3,4)5)15(2)24-22(14)23-17(11-19(29)12-30-23)13-31(24)37(6,34)35/h7-12,25H,13H2,1-6H3,(H,32,33)/t25-/m0/s1. The van der Waals surface area contributed by atoms with Crippen molar-refractivity contribution in [2.45, 2.75) is 52.9 Å². The zero-order chi connectivity index (χ0) is 27.4. The molecule has 0 spiro atoms. The molecule has 2 heterocycles. The van der Waals surface area contributed by atoms with Gasteiger partial charge in [-0.05, 0) is 75.1 Å². The number of ether oxygens (including phenoxy) is 1. The highest BCUT2D eigenvalue weighted by atomic mass is 35.5. The van der Waals surface area contributed by atoms with Crippen molar-refractivity contribution in [2.24, 2.45) is 0 Å². The molecule has 1 aliphatic rings. The Morgan fingerprint density at radius 2 is 1.78 bits per heavy atom. The molecule has 1 aromatic heterocycles. The van der Waals surface area contributed by atoms with Crippen molar-refractivity contribution in [3.63, 3.8) is 0 Å². The highest BCUT2D eigenvalue weighted by Crippen LogP contribution is 2.51. The molecule has 3 aromatic rings. The van der Waals surface area contributed by atoms with E-state index in [-0.39, 0.29) is 6.54 Å². The fraction of sp³-hybridized carbons (Fsp3) is 0.333. The topological polar surface area (TPSA) is 96.8 Å². The fourth-order valence-corrected chi connectivity index (χ4v) is 5.91. The Balaban J connectivity index is 2.21. The molecule has 10 heteroatoms. The molecular formula is C27H28ClFN2O5S. The number of halogens is 2. The van der Waals surface area contributed by atoms with Gasteiger partial charge >= 0.3 is 5.97 Å². The van der Waals surface area contributed by atoms with Gasteiger partial charge in [0.25, 0.3) is 0 Å². The van der Waals surface area contributed by atoms with Gasteiger partial charge in [-0.3, -0.25) is 9.29 Å². The van der Waals surface area contributed by atoms with Crippen molar-refractivity contribution in [2.75, 3.05) is 10.6 Å². The van der Waals surface area contributed by atoms with E-state index in [1.807, 2.05) is 0 Å². The molecule has 2 aromatic carbocycles. The molecule has 0 radical (unpaired) electrons. The number of carbonyl (C=O) groups is 1. The van der Waals surface area contributed by atoms with Gasteiger partial charge in [-0.25, -0.2) is 17.6 Å². The summed E-state index contributed by atoms with van der Waals surface area (Å²) < 4.78 is 47.4. The van der Waals surface area contributed by atoms with Crippen LogP contribution >= 0.6 is 11.6 Å². The quantitative estimate of drug-likeness (QED) is 0.419. The Bertz CT molecular complexity index is 1520. The van der Waals surface area contributed by atoms with Gasteiger partial charge in [-0.15, -0.1) is 0 Å². The first kappa shape index (κ1) is 27.0. The smallest absolute Gasteiger partial charge is 0.337 e. The fourth-order valence-electron chi connectivity index (χ4n) is 4.86. The number of nitrogens with zero attached hydrogens (tertiary/aromatic N) is 2. The lowest BCUT2D eigenvalue weighted by atomic mass is 9.81. The Hall–Kier alpha value is -3.01. The van der Waals surface area contributed by atoms with E-state index in [0.29, 0.717) is 55.3 Å². The van der Waals surface area contributed by atoms with E-state index in [1.165, 1.54) is 10.4 Å². The van der Waals surface area contributed by atoms with Gasteiger partial charge in [0.1, 0.15) is 5.82 Å². The molecule has 196 valence electrons. The predicted octanol–water partition coefficient (Wildman–Crippen LogP) is 6.05. The van der Waals surface area contributed by atoms with Crippen LogP contribution in [0.4, 0.5) is 10.1 Å². The van der Waals surface area contributed by atoms with Gasteiger partial charge in [0.05, 0.1) is 36.0 Å². The van der Waals surface area contributed by atoms with Crippen LogP contribution in [-0.2, 0) is 26.1 Å². The summed E-state index contributed by atoms with van der Waals surface area (Å²) in [6.45, 7) is 8.59. The van der Waals surface area contributed by atoms with Crippen molar-refractivity contribution in [1.29, 1.82) is 0 Å². The number of anilines is 1. The van der Waals surface area contributed by atoms with Crippen molar-refractivity contribution >= 4 is 33.3 Å². The van der Waals surface area contributed by atoms with E-state index in [2.05, 4.69) is 4.98 Å². The van der Waals surface area contributed by atoms with Gasteiger partial charge < -0.3 is 9.84 Å². The van der Waals surface area contributed by atoms with Gasteiger partial charge in [-0.1, -0.05) is 23.7 Å². The van der Waals surface area contributed by atoms with E-state index in [9.17, 15) is 22.7 Å². The van der Waals surface area contributed by atoms with Crippen LogP contribution in [0.25, 0.3) is 22.4 Å². The van der Waals surface area contributed by atoms with Crippen LogP contribution in [0.3, 0.4) is 0 Å². The van der Waals surface area contributed by atoms with E-state index in [0.717, 1.165) is 12.5 Å². The second-order valence-corrected chi connectivity index (χ2v) is 12.5. The maximum Gasteiger partial charge on any atom is 0.337 e. The molecule has 7 nitrogen and oxygen atoms in total. The molecule has 0 aliphatic carbocycles. The third-order valence-corrected chi connectivity index (χ3v) is 7.60. The highest BCUT2D eigenvalue weighted by molar-refractivity contribution is 7.92. The minimum Gasteiger partial charge on any atom is -0.479 e. The molecule has 0 fully saturated rings. The van der Waals surface area contributed by atoms with Crippen LogP contribution in [0, 0.1) is 19.7 Å². The molecule has 1 atom stereocenters. The third kappa shape index (κ3) is 5.08. The SMILES string of the molecule is Cc1c(-c2ccc(Cl)cc2)c([C@H](OC(C)(C)C)C(=O)O)c(C)c2c1-c1ncc(F)cc1CN2S(C)(=O)=O. The number of aromatic nitrogens is 1. The summed E-state index contributed by atoms with van der Waals surface area (Å²) in [5, 5.41) is 10.8. The zero-order valence-corrected chi connectivity index (χ0v) is 23.0. The molecule has 1 N–H and O–H groups in total. The average Bonchev–Trinajstić information content (AvgIpc) is 2.78. The van der Waals surface area contributed by atoms with E-state index < -0.39 is 33.5 Å². The van der Waals surface area contributed by atoms with Gasteiger partial charge in [-0.2, -0.15) is 0 Å². The minimum atomic E-state index is -3.84. The summed E-state index contributed by atoms with van der Waals surface area (Å²) in [7, 11) is -3.84. The van der Waals surface area contributed by atoms with Gasteiger partial charge in [0.15, 0.2) is 6.10 Å². The minimum absolute atomic E-state index is 0.135. The number of rotatable bonds is 5. The van der Waals surface area contributed by atoms with Crippen LogP contribution < -0.4 is 4.31 Å². The normalized spacial score (nSPS) is 14.2. The number of aliphatic carboxylic acids is 1. The Morgan fingerprint density at radius 1 is 1.16 bits per heavy atom. The van der Waals surface area contributed by atoms with E-state index in [4.69, 9.17) is 16.3 Å². The van der Waals surface area contributed by atoms with E-state index >= 15 is 0 Å². The van der Waals surface area contributed by atoms with Crippen molar-refractivity contribution < 1.29 is 27.4 Å². The Kier molecular flexibility index (Phi) is 6.85. The lowest BCUT2D eigenvalue weighted by molar-refractivity contribution is -0.160. The molecule has 0 saturated heterocycles. The number of pyridine rings is 1. The maximum atomic E-state index is 14.1. The van der Waals surface area contributed by atoms with Crippen LogP contribution in [0.15, 0.2) is 36.5 Å². The molecule has 0 amide bonds. The Morgan fingerprint density at radius 3 is 2.32 bits per heavy atom.